The Labute approximate surface area is 113 Å². The topological polar surface area (TPSA) is 12.0 Å². The average molecular weight is 282 g/mol. The summed E-state index contributed by atoms with van der Waals surface area (Å²) < 4.78 is 39.3. The number of rotatable bonds is 2. The summed E-state index contributed by atoms with van der Waals surface area (Å²) in [6.07, 6.45) is 5.20. The van der Waals surface area contributed by atoms with Crippen molar-refractivity contribution in [3.05, 3.63) is 58.4 Å². The Balaban J connectivity index is 2.37. The van der Waals surface area contributed by atoms with Crippen molar-refractivity contribution in [3.63, 3.8) is 0 Å². The van der Waals surface area contributed by atoms with E-state index < -0.39 is 17.5 Å². The highest BCUT2D eigenvalue weighted by Gasteiger charge is 2.14. The van der Waals surface area contributed by atoms with Gasteiger partial charge in [0, 0.05) is 5.56 Å². The summed E-state index contributed by atoms with van der Waals surface area (Å²) in [5, 5.41) is 2.83. The van der Waals surface area contributed by atoms with E-state index in [0.717, 1.165) is 12.1 Å². The summed E-state index contributed by atoms with van der Waals surface area (Å²) >= 11 is 5.93. The molecule has 1 N–H and O–H groups in total. The maximum atomic E-state index is 13.5. The van der Waals surface area contributed by atoms with Crippen molar-refractivity contribution < 1.29 is 13.2 Å². The molecule has 2 rings (SSSR count). The third-order valence-corrected chi connectivity index (χ3v) is 2.75. The number of anilines is 2. The molecule has 0 unspecified atom stereocenters. The lowest BCUT2D eigenvalue weighted by molar-refractivity contribution is 0.449. The lowest BCUT2D eigenvalue weighted by Gasteiger charge is -2.10. The number of hydrogen-bond acceptors (Lipinski definition) is 1. The Kier molecular flexibility index (Phi) is 3.68. The molecule has 0 aliphatic rings. The normalized spacial score (nSPS) is 10.1. The van der Waals surface area contributed by atoms with E-state index in [0.29, 0.717) is 11.3 Å². The second-order valence-electron chi connectivity index (χ2n) is 3.69. The molecule has 0 spiro atoms. The molecule has 0 aromatic heterocycles. The van der Waals surface area contributed by atoms with Crippen LogP contribution in [-0.2, 0) is 0 Å². The predicted molar refractivity (Wildman–Crippen MR) is 69.0 cm³/mol. The van der Waals surface area contributed by atoms with Crippen LogP contribution in [0.5, 0.6) is 0 Å². The average Bonchev–Trinajstić information content (AvgIpc) is 2.41. The molecule has 0 saturated heterocycles. The van der Waals surface area contributed by atoms with E-state index in [1.54, 1.807) is 6.07 Å². The number of hydrogen-bond donors (Lipinski definition) is 1. The van der Waals surface area contributed by atoms with Crippen LogP contribution in [0.2, 0.25) is 5.02 Å². The minimum atomic E-state index is -1.54. The molecule has 0 fully saturated rings. The Hall–Kier alpha value is -2.12. The number of halogens is 4. The maximum absolute atomic E-state index is 13.5. The Morgan fingerprint density at radius 2 is 1.68 bits per heavy atom. The van der Waals surface area contributed by atoms with Crippen LogP contribution in [0.15, 0.2) is 30.3 Å². The first kappa shape index (κ1) is 13.3. The van der Waals surface area contributed by atoms with E-state index in [9.17, 15) is 13.2 Å². The van der Waals surface area contributed by atoms with Gasteiger partial charge in [-0.3, -0.25) is 0 Å². The van der Waals surface area contributed by atoms with Gasteiger partial charge in [-0.15, -0.1) is 6.42 Å². The lowest BCUT2D eigenvalue weighted by Crippen LogP contribution is -1.99. The van der Waals surface area contributed by atoms with E-state index in [-0.39, 0.29) is 10.7 Å². The third-order valence-electron chi connectivity index (χ3n) is 2.44. The molecular formula is C14H7ClF3N. The molecular weight excluding hydrogens is 275 g/mol. The van der Waals surface area contributed by atoms with Crippen LogP contribution in [0.25, 0.3) is 0 Å². The fraction of sp³-hybridized carbons (Fsp3) is 0. The van der Waals surface area contributed by atoms with Crippen LogP contribution in [0.4, 0.5) is 24.5 Å². The molecule has 2 aromatic rings. The first-order valence-electron chi connectivity index (χ1n) is 5.19. The van der Waals surface area contributed by atoms with Crippen molar-refractivity contribution in [3.8, 4) is 12.3 Å². The van der Waals surface area contributed by atoms with Gasteiger partial charge in [0.1, 0.15) is 0 Å². The highest BCUT2D eigenvalue weighted by atomic mass is 35.5. The van der Waals surface area contributed by atoms with Gasteiger partial charge in [-0.1, -0.05) is 17.5 Å². The molecule has 0 heterocycles. The van der Waals surface area contributed by atoms with Crippen molar-refractivity contribution >= 4 is 23.0 Å². The fourth-order valence-electron chi connectivity index (χ4n) is 1.47. The SMILES string of the molecule is C#Cc1ccc(Nc2ccc(F)c(F)c2F)c(Cl)c1. The highest BCUT2D eigenvalue weighted by Crippen LogP contribution is 2.28. The zero-order chi connectivity index (χ0) is 14.0. The quantitative estimate of drug-likeness (QED) is 0.632. The van der Waals surface area contributed by atoms with Crippen LogP contribution in [0, 0.1) is 29.8 Å². The fourth-order valence-corrected chi connectivity index (χ4v) is 1.70. The Morgan fingerprint density at radius 1 is 1.00 bits per heavy atom. The van der Waals surface area contributed by atoms with Gasteiger partial charge in [0.2, 0.25) is 0 Å². The van der Waals surface area contributed by atoms with Gasteiger partial charge >= 0.3 is 0 Å². The van der Waals surface area contributed by atoms with E-state index in [2.05, 4.69) is 11.2 Å². The molecule has 1 nitrogen and oxygen atoms in total. The van der Waals surface area contributed by atoms with Gasteiger partial charge in [-0.25, -0.2) is 13.2 Å². The van der Waals surface area contributed by atoms with E-state index in [4.69, 9.17) is 18.0 Å². The molecule has 5 heteroatoms. The van der Waals surface area contributed by atoms with Crippen LogP contribution in [-0.4, -0.2) is 0 Å². The van der Waals surface area contributed by atoms with Crippen LogP contribution in [0.1, 0.15) is 5.56 Å². The minimum Gasteiger partial charge on any atom is -0.352 e. The summed E-state index contributed by atoms with van der Waals surface area (Å²) in [5.74, 6) is -1.71. The summed E-state index contributed by atoms with van der Waals surface area (Å²) in [6.45, 7) is 0. The summed E-state index contributed by atoms with van der Waals surface area (Å²) in [7, 11) is 0. The van der Waals surface area contributed by atoms with Crippen molar-refractivity contribution in [1.29, 1.82) is 0 Å². The van der Waals surface area contributed by atoms with Crippen molar-refractivity contribution in [2.45, 2.75) is 0 Å². The summed E-state index contributed by atoms with van der Waals surface area (Å²) in [6, 6.07) is 6.52. The monoisotopic (exact) mass is 281 g/mol. The smallest absolute Gasteiger partial charge is 0.196 e. The number of benzene rings is 2. The molecule has 0 amide bonds. The predicted octanol–water partition coefficient (Wildman–Crippen LogP) is 4.48. The molecule has 96 valence electrons. The molecule has 0 radical (unpaired) electrons. The van der Waals surface area contributed by atoms with Gasteiger partial charge in [0.15, 0.2) is 17.5 Å². The molecule has 0 bridgehead atoms. The molecule has 0 aliphatic heterocycles. The summed E-state index contributed by atoms with van der Waals surface area (Å²) in [5.41, 5.74) is 0.682. The minimum absolute atomic E-state index is 0.214. The van der Waals surface area contributed by atoms with Crippen LogP contribution >= 0.6 is 11.6 Å². The molecule has 2 aromatic carbocycles. The van der Waals surface area contributed by atoms with Crippen LogP contribution in [0.3, 0.4) is 0 Å². The standard InChI is InChI=1S/C14H7ClF3N/c1-2-8-3-5-11(9(15)7-8)19-12-6-4-10(16)13(17)14(12)18/h1,3-7,19H. The molecule has 19 heavy (non-hydrogen) atoms. The largest absolute Gasteiger partial charge is 0.352 e. The Morgan fingerprint density at radius 3 is 2.32 bits per heavy atom. The Bertz CT molecular complexity index is 677. The zero-order valence-electron chi connectivity index (χ0n) is 9.48. The zero-order valence-corrected chi connectivity index (χ0v) is 10.2. The molecule has 0 saturated carbocycles. The van der Waals surface area contributed by atoms with Gasteiger partial charge < -0.3 is 5.32 Å². The van der Waals surface area contributed by atoms with Gasteiger partial charge in [0.05, 0.1) is 16.4 Å². The van der Waals surface area contributed by atoms with Gasteiger partial charge in [0.25, 0.3) is 0 Å². The van der Waals surface area contributed by atoms with Gasteiger partial charge in [-0.05, 0) is 30.3 Å². The number of terminal acetylenes is 1. The third kappa shape index (κ3) is 2.67. The van der Waals surface area contributed by atoms with Crippen molar-refractivity contribution in [2.24, 2.45) is 0 Å². The second kappa shape index (κ2) is 5.25. The molecule has 0 atom stereocenters. The first-order chi connectivity index (χ1) is 9.02. The van der Waals surface area contributed by atoms with E-state index in [1.807, 2.05) is 0 Å². The van der Waals surface area contributed by atoms with Crippen molar-refractivity contribution in [1.82, 2.24) is 0 Å². The molecule has 0 aliphatic carbocycles. The second-order valence-corrected chi connectivity index (χ2v) is 4.09. The number of nitrogens with one attached hydrogen (secondary N) is 1. The lowest BCUT2D eigenvalue weighted by atomic mass is 10.2. The summed E-state index contributed by atoms with van der Waals surface area (Å²) in [4.78, 5) is 0. The highest BCUT2D eigenvalue weighted by molar-refractivity contribution is 6.33. The maximum Gasteiger partial charge on any atom is 0.196 e. The van der Waals surface area contributed by atoms with Gasteiger partial charge in [-0.2, -0.15) is 0 Å². The first-order valence-corrected chi connectivity index (χ1v) is 5.57. The van der Waals surface area contributed by atoms with E-state index >= 15 is 0 Å². The van der Waals surface area contributed by atoms with E-state index in [1.165, 1.54) is 12.1 Å². The van der Waals surface area contributed by atoms with Crippen LogP contribution < -0.4 is 5.32 Å². The van der Waals surface area contributed by atoms with Crippen molar-refractivity contribution in [2.75, 3.05) is 5.32 Å².